The number of rotatable bonds is 6. The Morgan fingerprint density at radius 3 is 2.77 bits per heavy atom. The van der Waals surface area contributed by atoms with Gasteiger partial charge in [-0.2, -0.15) is 0 Å². The number of halogens is 1. The van der Waals surface area contributed by atoms with Crippen LogP contribution in [-0.2, 0) is 5.54 Å². The fourth-order valence-electron chi connectivity index (χ4n) is 4.17. The Kier molecular flexibility index (Phi) is 4.70. The van der Waals surface area contributed by atoms with Crippen molar-refractivity contribution in [3.05, 3.63) is 77.1 Å². The second-order valence-corrected chi connectivity index (χ2v) is 8.43. The van der Waals surface area contributed by atoms with Gasteiger partial charge in [-0.3, -0.25) is 4.79 Å². The zero-order valence-corrected chi connectivity index (χ0v) is 17.0. The molecule has 1 aliphatic carbocycles. The summed E-state index contributed by atoms with van der Waals surface area (Å²) >= 11 is 0. The molecule has 1 saturated heterocycles. The lowest BCUT2D eigenvalue weighted by atomic mass is 9.96. The molecule has 3 aromatic carbocycles. The van der Waals surface area contributed by atoms with Crippen LogP contribution < -0.4 is 15.4 Å². The lowest BCUT2D eigenvalue weighted by Crippen LogP contribution is -2.46. The fraction of sp³-hybridized carbons (Fsp3) is 0.320. The first-order valence-corrected chi connectivity index (χ1v) is 10.5. The molecule has 0 radical (unpaired) electrons. The average Bonchev–Trinajstić information content (AvgIpc) is 3.47. The fourth-order valence-corrected chi connectivity index (χ4v) is 4.17. The van der Waals surface area contributed by atoms with E-state index in [-0.39, 0.29) is 11.7 Å². The molecule has 0 spiro atoms. The maximum absolute atomic E-state index is 13.6. The van der Waals surface area contributed by atoms with Crippen molar-refractivity contribution in [1.82, 2.24) is 10.6 Å². The average molecular weight is 404 g/mol. The summed E-state index contributed by atoms with van der Waals surface area (Å²) in [6.45, 7) is 3.59. The van der Waals surface area contributed by atoms with E-state index >= 15 is 0 Å². The molecular formula is C25H25FN2O2. The molecule has 154 valence electrons. The number of hydrogen-bond donors (Lipinski definition) is 2. The first-order valence-electron chi connectivity index (χ1n) is 10.5. The Balaban J connectivity index is 1.39. The molecule has 3 aromatic rings. The van der Waals surface area contributed by atoms with E-state index in [4.69, 9.17) is 4.74 Å². The predicted octanol–water partition coefficient (Wildman–Crippen LogP) is 4.45. The van der Waals surface area contributed by atoms with Crippen molar-refractivity contribution < 1.29 is 13.9 Å². The van der Waals surface area contributed by atoms with Crippen LogP contribution in [0.1, 0.15) is 40.7 Å². The van der Waals surface area contributed by atoms with Crippen molar-refractivity contribution in [1.29, 1.82) is 0 Å². The van der Waals surface area contributed by atoms with E-state index in [1.807, 2.05) is 43.3 Å². The summed E-state index contributed by atoms with van der Waals surface area (Å²) < 4.78 is 19.5. The predicted molar refractivity (Wildman–Crippen MR) is 115 cm³/mol. The van der Waals surface area contributed by atoms with Crippen molar-refractivity contribution >= 4 is 16.7 Å². The van der Waals surface area contributed by atoms with Crippen molar-refractivity contribution in [3.63, 3.8) is 0 Å². The molecule has 1 saturated carbocycles. The van der Waals surface area contributed by atoms with Gasteiger partial charge in [0.15, 0.2) is 0 Å². The number of carbonyl (C=O) groups excluding carboxylic acids is 1. The third-order valence-corrected chi connectivity index (χ3v) is 6.29. The zero-order valence-electron chi connectivity index (χ0n) is 17.0. The molecule has 1 unspecified atom stereocenters. The monoisotopic (exact) mass is 404 g/mol. The Hall–Kier alpha value is -2.92. The van der Waals surface area contributed by atoms with Gasteiger partial charge < -0.3 is 15.4 Å². The molecule has 1 amide bonds. The molecule has 5 rings (SSSR count). The first kappa shape index (κ1) is 19.1. The number of benzene rings is 3. The molecule has 30 heavy (non-hydrogen) atoms. The van der Waals surface area contributed by atoms with E-state index in [0.717, 1.165) is 47.7 Å². The van der Waals surface area contributed by atoms with Crippen molar-refractivity contribution in [2.24, 2.45) is 0 Å². The van der Waals surface area contributed by atoms with Gasteiger partial charge in [0.05, 0.1) is 5.54 Å². The topological polar surface area (TPSA) is 50.4 Å². The van der Waals surface area contributed by atoms with E-state index in [0.29, 0.717) is 24.0 Å². The van der Waals surface area contributed by atoms with Gasteiger partial charge in [-0.1, -0.05) is 30.3 Å². The normalized spacial score (nSPS) is 19.2. The highest BCUT2D eigenvalue weighted by atomic mass is 19.1. The Bertz CT molecular complexity index is 1120. The van der Waals surface area contributed by atoms with Crippen LogP contribution in [0.3, 0.4) is 0 Å². The second kappa shape index (κ2) is 7.40. The minimum absolute atomic E-state index is 0.101. The van der Waals surface area contributed by atoms with Crippen molar-refractivity contribution in [2.45, 2.75) is 37.8 Å². The largest absolute Gasteiger partial charge is 0.492 e. The van der Waals surface area contributed by atoms with Crippen LogP contribution in [-0.4, -0.2) is 25.1 Å². The molecule has 1 aliphatic heterocycles. The molecule has 4 nitrogen and oxygen atoms in total. The van der Waals surface area contributed by atoms with Crippen LogP contribution in [0.4, 0.5) is 4.39 Å². The Morgan fingerprint density at radius 1 is 1.20 bits per heavy atom. The molecule has 0 bridgehead atoms. The summed E-state index contributed by atoms with van der Waals surface area (Å²) in [7, 11) is 0. The van der Waals surface area contributed by atoms with E-state index in [1.165, 1.54) is 6.07 Å². The van der Waals surface area contributed by atoms with Gasteiger partial charge >= 0.3 is 0 Å². The summed E-state index contributed by atoms with van der Waals surface area (Å²) in [6, 6.07) is 16.8. The molecule has 0 aromatic heterocycles. The molecule has 2 N–H and O–H groups in total. The summed E-state index contributed by atoms with van der Waals surface area (Å²) in [5.41, 5.74) is 2.20. The van der Waals surface area contributed by atoms with Gasteiger partial charge in [0.1, 0.15) is 18.2 Å². The summed E-state index contributed by atoms with van der Waals surface area (Å²) in [6.07, 6.45) is 2.87. The molecule has 1 heterocycles. The minimum Gasteiger partial charge on any atom is -0.492 e. The Morgan fingerprint density at radius 2 is 2.03 bits per heavy atom. The number of fused-ring (bicyclic) bond motifs is 1. The van der Waals surface area contributed by atoms with Crippen LogP contribution >= 0.6 is 0 Å². The number of ether oxygens (including phenoxy) is 1. The maximum atomic E-state index is 13.6. The van der Waals surface area contributed by atoms with Gasteiger partial charge in [-0.15, -0.1) is 0 Å². The summed E-state index contributed by atoms with van der Waals surface area (Å²) in [5, 5.41) is 8.41. The molecule has 2 aliphatic rings. The molecule has 1 atom stereocenters. The van der Waals surface area contributed by atoms with Crippen molar-refractivity contribution in [2.75, 3.05) is 13.2 Å². The van der Waals surface area contributed by atoms with Crippen LogP contribution in [0.25, 0.3) is 10.8 Å². The highest BCUT2D eigenvalue weighted by Crippen LogP contribution is 2.48. The van der Waals surface area contributed by atoms with Crippen molar-refractivity contribution in [3.8, 4) is 5.75 Å². The second-order valence-electron chi connectivity index (χ2n) is 8.43. The standard InChI is InChI=1S/C25H25FN2O2/c1-16-5-7-20(30-15-19-9-12-27-19)14-22(16)24(29)28-25(10-11-25)23-4-2-3-17-13-18(26)6-8-21(17)23/h2-8,13-14,19,27H,9-12,15H2,1H3,(H,28,29). The molecular weight excluding hydrogens is 379 g/mol. The third kappa shape index (κ3) is 3.54. The number of carbonyl (C=O) groups is 1. The van der Waals surface area contributed by atoms with E-state index in [1.54, 1.807) is 12.1 Å². The summed E-state index contributed by atoms with van der Waals surface area (Å²) in [5.74, 6) is 0.360. The lowest BCUT2D eigenvalue weighted by Gasteiger charge is -2.27. The smallest absolute Gasteiger partial charge is 0.252 e. The highest BCUT2D eigenvalue weighted by Gasteiger charge is 2.46. The van der Waals surface area contributed by atoms with Gasteiger partial charge in [-0.25, -0.2) is 4.39 Å². The van der Waals surface area contributed by atoms with E-state index in [9.17, 15) is 9.18 Å². The van der Waals surface area contributed by atoms with E-state index < -0.39 is 5.54 Å². The number of amides is 1. The molecule has 5 heteroatoms. The lowest BCUT2D eigenvalue weighted by molar-refractivity contribution is 0.0930. The van der Waals surface area contributed by atoms with Gasteiger partial charge in [-0.05, 0) is 78.9 Å². The highest BCUT2D eigenvalue weighted by molar-refractivity contribution is 5.97. The number of nitrogens with one attached hydrogen (secondary N) is 2. The maximum Gasteiger partial charge on any atom is 0.252 e. The zero-order chi connectivity index (χ0) is 20.7. The minimum atomic E-state index is -0.395. The van der Waals surface area contributed by atoms with Crippen LogP contribution in [0.2, 0.25) is 0 Å². The number of aryl methyl sites for hydroxylation is 1. The van der Waals surface area contributed by atoms with Crippen LogP contribution in [0.15, 0.2) is 54.6 Å². The van der Waals surface area contributed by atoms with Gasteiger partial charge in [0, 0.05) is 11.6 Å². The quantitative estimate of drug-likeness (QED) is 0.638. The molecule has 2 fully saturated rings. The van der Waals surface area contributed by atoms with Gasteiger partial charge in [0.2, 0.25) is 0 Å². The summed E-state index contributed by atoms with van der Waals surface area (Å²) in [4.78, 5) is 13.2. The van der Waals surface area contributed by atoms with Crippen LogP contribution in [0, 0.1) is 12.7 Å². The van der Waals surface area contributed by atoms with E-state index in [2.05, 4.69) is 10.6 Å². The van der Waals surface area contributed by atoms with Crippen LogP contribution in [0.5, 0.6) is 5.75 Å². The Labute approximate surface area is 175 Å². The first-order chi connectivity index (χ1) is 14.5. The number of hydrogen-bond acceptors (Lipinski definition) is 3. The third-order valence-electron chi connectivity index (χ3n) is 6.29. The SMILES string of the molecule is Cc1ccc(OCC2CCN2)cc1C(=O)NC1(c2cccc3cc(F)ccc23)CC1. The van der Waals surface area contributed by atoms with Gasteiger partial charge in [0.25, 0.3) is 5.91 Å².